The summed E-state index contributed by atoms with van der Waals surface area (Å²) in [5.41, 5.74) is 2.12. The number of hydrogen-bond donors (Lipinski definition) is 1. The fraction of sp³-hybridized carbons (Fsp3) is 0.200. The second kappa shape index (κ2) is 5.61. The van der Waals surface area contributed by atoms with Crippen molar-refractivity contribution in [1.82, 2.24) is 10.3 Å². The molecule has 2 rings (SSSR count). The van der Waals surface area contributed by atoms with Crippen molar-refractivity contribution in [2.24, 2.45) is 0 Å². The van der Waals surface area contributed by atoms with Crippen LogP contribution in [0, 0.1) is 12.7 Å². The molecule has 2 aromatic rings. The molecule has 0 aliphatic carbocycles. The lowest BCUT2D eigenvalue weighted by Gasteiger charge is -2.16. The van der Waals surface area contributed by atoms with E-state index < -0.39 is 11.7 Å². The van der Waals surface area contributed by atoms with Gasteiger partial charge in [-0.05, 0) is 31.0 Å². The molecule has 98 valence electrons. The van der Waals surface area contributed by atoms with Crippen molar-refractivity contribution in [1.29, 1.82) is 0 Å². The lowest BCUT2D eigenvalue weighted by molar-refractivity contribution is 0.0935. The van der Waals surface area contributed by atoms with Gasteiger partial charge >= 0.3 is 0 Å². The van der Waals surface area contributed by atoms with Gasteiger partial charge in [0.15, 0.2) is 5.82 Å². The highest BCUT2D eigenvalue weighted by Gasteiger charge is 2.15. The Morgan fingerprint density at radius 2 is 2.05 bits per heavy atom. The van der Waals surface area contributed by atoms with Gasteiger partial charge in [-0.25, -0.2) is 4.39 Å². The largest absolute Gasteiger partial charge is 0.345 e. The fourth-order valence-corrected chi connectivity index (χ4v) is 1.98. The smallest absolute Gasteiger partial charge is 0.254 e. The third-order valence-corrected chi connectivity index (χ3v) is 3.02. The van der Waals surface area contributed by atoms with Gasteiger partial charge in [-0.15, -0.1) is 0 Å². The molecule has 1 aromatic heterocycles. The number of aryl methyl sites for hydroxylation is 1. The first-order valence-corrected chi connectivity index (χ1v) is 6.05. The predicted octanol–water partition coefficient (Wildman–Crippen LogP) is 3.02. The molecule has 3 nitrogen and oxygen atoms in total. The predicted molar refractivity (Wildman–Crippen MR) is 71.3 cm³/mol. The SMILES string of the molecule is Cc1ccccc1C(C)NC(=O)c1ccncc1F. The van der Waals surface area contributed by atoms with E-state index in [0.29, 0.717) is 0 Å². The molecular weight excluding hydrogens is 243 g/mol. The minimum absolute atomic E-state index is 0.00966. The molecular formula is C15H15FN2O. The number of carbonyl (C=O) groups is 1. The van der Waals surface area contributed by atoms with Gasteiger partial charge in [-0.1, -0.05) is 24.3 Å². The zero-order valence-electron chi connectivity index (χ0n) is 10.9. The van der Waals surface area contributed by atoms with Crippen molar-refractivity contribution >= 4 is 5.91 Å². The molecule has 0 fully saturated rings. The van der Waals surface area contributed by atoms with E-state index in [4.69, 9.17) is 0 Å². The number of halogens is 1. The van der Waals surface area contributed by atoms with Crippen molar-refractivity contribution in [2.45, 2.75) is 19.9 Å². The molecule has 19 heavy (non-hydrogen) atoms. The Kier molecular flexibility index (Phi) is 3.90. The molecule has 1 atom stereocenters. The van der Waals surface area contributed by atoms with Crippen LogP contribution in [-0.4, -0.2) is 10.9 Å². The maximum atomic E-state index is 13.4. The Bertz CT molecular complexity index is 598. The van der Waals surface area contributed by atoms with Crippen LogP contribution in [0.4, 0.5) is 4.39 Å². The molecule has 1 heterocycles. The third kappa shape index (κ3) is 2.96. The van der Waals surface area contributed by atoms with Crippen molar-refractivity contribution < 1.29 is 9.18 Å². The van der Waals surface area contributed by atoms with E-state index in [9.17, 15) is 9.18 Å². The number of pyridine rings is 1. The lowest BCUT2D eigenvalue weighted by Crippen LogP contribution is -2.27. The van der Waals surface area contributed by atoms with Crippen LogP contribution in [0.2, 0.25) is 0 Å². The molecule has 0 bridgehead atoms. The van der Waals surface area contributed by atoms with Gasteiger partial charge in [0.25, 0.3) is 5.91 Å². The van der Waals surface area contributed by atoms with E-state index in [1.807, 2.05) is 38.1 Å². The maximum absolute atomic E-state index is 13.4. The van der Waals surface area contributed by atoms with Crippen LogP contribution in [0.25, 0.3) is 0 Å². The summed E-state index contributed by atoms with van der Waals surface area (Å²) in [5, 5.41) is 2.79. The number of carbonyl (C=O) groups excluding carboxylic acids is 1. The normalized spacial score (nSPS) is 11.9. The Hall–Kier alpha value is -2.23. The first-order chi connectivity index (χ1) is 9.09. The molecule has 0 radical (unpaired) electrons. The first kappa shape index (κ1) is 13.2. The number of nitrogens with zero attached hydrogens (tertiary/aromatic N) is 1. The number of benzene rings is 1. The molecule has 1 unspecified atom stereocenters. The standard InChI is InChI=1S/C15H15FN2O/c1-10-5-3-4-6-12(10)11(2)18-15(19)13-7-8-17-9-14(13)16/h3-9,11H,1-2H3,(H,18,19). The Labute approximate surface area is 111 Å². The highest BCUT2D eigenvalue weighted by Crippen LogP contribution is 2.17. The average molecular weight is 258 g/mol. The van der Waals surface area contributed by atoms with E-state index in [-0.39, 0.29) is 11.6 Å². The van der Waals surface area contributed by atoms with Gasteiger partial charge in [-0.3, -0.25) is 9.78 Å². The number of aromatic nitrogens is 1. The quantitative estimate of drug-likeness (QED) is 0.919. The summed E-state index contributed by atoms with van der Waals surface area (Å²) in [5.74, 6) is -1.05. The Balaban J connectivity index is 2.16. The molecule has 0 aliphatic heterocycles. The summed E-state index contributed by atoms with van der Waals surface area (Å²) in [7, 11) is 0. The molecule has 1 amide bonds. The number of hydrogen-bond acceptors (Lipinski definition) is 2. The fourth-order valence-electron chi connectivity index (χ4n) is 1.98. The minimum atomic E-state index is -0.614. The number of amides is 1. The molecule has 0 spiro atoms. The van der Waals surface area contributed by atoms with Crippen molar-refractivity contribution in [3.63, 3.8) is 0 Å². The summed E-state index contributed by atoms with van der Waals surface area (Å²) in [6.07, 6.45) is 2.43. The van der Waals surface area contributed by atoms with Crippen molar-refractivity contribution in [3.05, 3.63) is 65.2 Å². The third-order valence-electron chi connectivity index (χ3n) is 3.02. The van der Waals surface area contributed by atoms with E-state index in [2.05, 4.69) is 10.3 Å². The summed E-state index contributed by atoms with van der Waals surface area (Å²) in [6, 6.07) is 8.97. The molecule has 4 heteroatoms. The van der Waals surface area contributed by atoms with Gasteiger partial charge in [0.05, 0.1) is 17.8 Å². The maximum Gasteiger partial charge on any atom is 0.254 e. The average Bonchev–Trinajstić information content (AvgIpc) is 2.39. The van der Waals surface area contributed by atoms with Crippen LogP contribution < -0.4 is 5.32 Å². The van der Waals surface area contributed by atoms with E-state index in [1.54, 1.807) is 0 Å². The highest BCUT2D eigenvalue weighted by molar-refractivity contribution is 5.94. The van der Waals surface area contributed by atoms with Crippen molar-refractivity contribution in [3.8, 4) is 0 Å². The van der Waals surface area contributed by atoms with Crippen molar-refractivity contribution in [2.75, 3.05) is 0 Å². The summed E-state index contributed by atoms with van der Waals surface area (Å²) in [4.78, 5) is 15.6. The van der Waals surface area contributed by atoms with Gasteiger partial charge in [0.1, 0.15) is 0 Å². The van der Waals surface area contributed by atoms with E-state index >= 15 is 0 Å². The summed E-state index contributed by atoms with van der Waals surface area (Å²) >= 11 is 0. The summed E-state index contributed by atoms with van der Waals surface area (Å²) < 4.78 is 13.4. The molecule has 1 aromatic carbocycles. The Morgan fingerprint density at radius 3 is 2.74 bits per heavy atom. The second-order valence-corrected chi connectivity index (χ2v) is 4.41. The van der Waals surface area contributed by atoms with Gasteiger partial charge in [0.2, 0.25) is 0 Å². The van der Waals surface area contributed by atoms with Gasteiger partial charge in [-0.2, -0.15) is 0 Å². The van der Waals surface area contributed by atoms with Crippen LogP contribution >= 0.6 is 0 Å². The van der Waals surface area contributed by atoms with Gasteiger partial charge < -0.3 is 5.32 Å². The van der Waals surface area contributed by atoms with Gasteiger partial charge in [0, 0.05) is 6.20 Å². The van der Waals surface area contributed by atoms with E-state index in [1.165, 1.54) is 12.3 Å². The van der Waals surface area contributed by atoms with Crippen LogP contribution in [0.15, 0.2) is 42.7 Å². The molecule has 0 aliphatic rings. The molecule has 0 saturated carbocycles. The number of rotatable bonds is 3. The monoisotopic (exact) mass is 258 g/mol. The minimum Gasteiger partial charge on any atom is -0.345 e. The van der Waals surface area contributed by atoms with Crippen LogP contribution in [0.3, 0.4) is 0 Å². The zero-order chi connectivity index (χ0) is 13.8. The second-order valence-electron chi connectivity index (χ2n) is 4.41. The zero-order valence-corrected chi connectivity index (χ0v) is 10.9. The lowest BCUT2D eigenvalue weighted by atomic mass is 10.0. The molecule has 0 saturated heterocycles. The summed E-state index contributed by atoms with van der Waals surface area (Å²) in [6.45, 7) is 3.85. The van der Waals surface area contributed by atoms with Crippen LogP contribution in [0.5, 0.6) is 0 Å². The number of nitrogens with one attached hydrogen (secondary N) is 1. The first-order valence-electron chi connectivity index (χ1n) is 6.05. The Morgan fingerprint density at radius 1 is 1.32 bits per heavy atom. The topological polar surface area (TPSA) is 42.0 Å². The molecule has 1 N–H and O–H groups in total. The van der Waals surface area contributed by atoms with E-state index in [0.717, 1.165) is 17.3 Å². The van der Waals surface area contributed by atoms with Crippen LogP contribution in [0.1, 0.15) is 34.5 Å². The highest BCUT2D eigenvalue weighted by atomic mass is 19.1. The van der Waals surface area contributed by atoms with Crippen LogP contribution in [-0.2, 0) is 0 Å².